The fraction of sp³-hybridized carbons (Fsp3) is 0.857. The molecule has 0 aliphatic rings. The molecule has 0 saturated carbocycles. The van der Waals surface area contributed by atoms with Crippen molar-refractivity contribution in [1.82, 2.24) is 4.90 Å². The lowest BCUT2D eigenvalue weighted by molar-refractivity contribution is -0.140. The van der Waals surface area contributed by atoms with E-state index in [9.17, 15) is 14.7 Å². The van der Waals surface area contributed by atoms with Crippen LogP contribution in [-0.2, 0) is 9.53 Å². The Balaban J connectivity index is 5.02. The van der Waals surface area contributed by atoms with Crippen molar-refractivity contribution in [3.05, 3.63) is 0 Å². The van der Waals surface area contributed by atoms with Gasteiger partial charge in [-0.2, -0.15) is 0 Å². The highest BCUT2D eigenvalue weighted by atomic mass is 16.6. The molecule has 0 aromatic carbocycles. The van der Waals surface area contributed by atoms with Gasteiger partial charge in [0.25, 0.3) is 0 Å². The second-order valence-electron chi connectivity index (χ2n) is 6.13. The highest BCUT2D eigenvalue weighted by molar-refractivity contribution is 5.69. The molecule has 0 aliphatic carbocycles. The lowest BCUT2D eigenvalue weighted by atomic mass is 9.91. The number of hydrogen-bond acceptors (Lipinski definition) is 4. The van der Waals surface area contributed by atoms with Crippen LogP contribution < -0.4 is 0 Å². The number of carboxylic acids is 1. The topological polar surface area (TPSA) is 87.1 Å². The van der Waals surface area contributed by atoms with Crippen molar-refractivity contribution in [3.63, 3.8) is 0 Å². The molecule has 118 valence electrons. The van der Waals surface area contributed by atoms with Crippen molar-refractivity contribution < 1.29 is 24.5 Å². The minimum atomic E-state index is -1.13. The van der Waals surface area contributed by atoms with Crippen LogP contribution in [0.25, 0.3) is 0 Å². The molecule has 0 aromatic rings. The van der Waals surface area contributed by atoms with Crippen molar-refractivity contribution in [1.29, 1.82) is 0 Å². The zero-order chi connectivity index (χ0) is 16.1. The zero-order valence-electron chi connectivity index (χ0n) is 13.2. The van der Waals surface area contributed by atoms with Gasteiger partial charge in [-0.25, -0.2) is 4.79 Å². The van der Waals surface area contributed by atoms with Gasteiger partial charge in [0, 0.05) is 7.05 Å². The van der Waals surface area contributed by atoms with Gasteiger partial charge in [0.1, 0.15) is 5.60 Å². The molecule has 0 unspecified atom stereocenters. The minimum Gasteiger partial charge on any atom is -0.481 e. The van der Waals surface area contributed by atoms with Crippen LogP contribution in [0.4, 0.5) is 4.79 Å². The van der Waals surface area contributed by atoms with Gasteiger partial charge in [-0.1, -0.05) is 20.3 Å². The third-order valence-electron chi connectivity index (χ3n) is 3.13. The van der Waals surface area contributed by atoms with Gasteiger partial charge < -0.3 is 19.8 Å². The van der Waals surface area contributed by atoms with Gasteiger partial charge in [-0.3, -0.25) is 4.79 Å². The number of nitrogens with zero attached hydrogens (tertiary/aromatic N) is 1. The maximum Gasteiger partial charge on any atom is 0.410 e. The lowest BCUT2D eigenvalue weighted by Crippen LogP contribution is -2.50. The molecule has 0 radical (unpaired) electrons. The van der Waals surface area contributed by atoms with Gasteiger partial charge in [0.2, 0.25) is 0 Å². The molecular formula is C14H27NO5. The summed E-state index contributed by atoms with van der Waals surface area (Å²) in [5, 5.41) is 18.9. The number of ether oxygens (including phenoxy) is 1. The molecule has 2 N–H and O–H groups in total. The Kier molecular flexibility index (Phi) is 6.99. The number of amides is 1. The normalized spacial score (nSPS) is 16.1. The van der Waals surface area contributed by atoms with Crippen molar-refractivity contribution in [3.8, 4) is 0 Å². The number of rotatable bonds is 6. The van der Waals surface area contributed by atoms with Gasteiger partial charge in [0.05, 0.1) is 18.6 Å². The highest BCUT2D eigenvalue weighted by Gasteiger charge is 2.34. The van der Waals surface area contributed by atoms with Gasteiger partial charge in [-0.15, -0.1) is 0 Å². The lowest BCUT2D eigenvalue weighted by Gasteiger charge is -2.36. The van der Waals surface area contributed by atoms with Crippen molar-refractivity contribution >= 4 is 12.1 Å². The number of aliphatic hydroxyl groups is 1. The van der Waals surface area contributed by atoms with Crippen LogP contribution >= 0.6 is 0 Å². The van der Waals surface area contributed by atoms with E-state index in [0.29, 0.717) is 6.42 Å². The standard InChI is InChI=1S/C14H27NO5/c1-7-9(2)12(10(16)8-11(17)18)15(6)13(19)20-14(3,4)5/h9-10,12,16H,7-8H2,1-6H3,(H,17,18)/t9-,10+,12-/m0/s1. The fourth-order valence-corrected chi connectivity index (χ4v) is 2.02. The maximum absolute atomic E-state index is 12.1. The Hall–Kier alpha value is -1.30. The van der Waals surface area contributed by atoms with E-state index in [1.165, 1.54) is 11.9 Å². The van der Waals surface area contributed by atoms with Crippen LogP contribution in [0.1, 0.15) is 47.5 Å². The van der Waals surface area contributed by atoms with E-state index < -0.39 is 36.2 Å². The first-order valence-electron chi connectivity index (χ1n) is 6.85. The Morgan fingerprint density at radius 1 is 1.30 bits per heavy atom. The Bertz CT molecular complexity index is 337. The van der Waals surface area contributed by atoms with E-state index in [-0.39, 0.29) is 5.92 Å². The van der Waals surface area contributed by atoms with E-state index in [2.05, 4.69) is 0 Å². The summed E-state index contributed by atoms with van der Waals surface area (Å²) in [6, 6.07) is -0.592. The number of aliphatic carboxylic acids is 1. The second-order valence-corrected chi connectivity index (χ2v) is 6.13. The summed E-state index contributed by atoms with van der Waals surface area (Å²) in [5.41, 5.74) is -0.636. The van der Waals surface area contributed by atoms with Crippen LogP contribution in [0.5, 0.6) is 0 Å². The molecule has 0 saturated heterocycles. The molecule has 0 rings (SSSR count). The highest BCUT2D eigenvalue weighted by Crippen LogP contribution is 2.21. The number of aliphatic hydroxyl groups excluding tert-OH is 1. The molecule has 1 amide bonds. The van der Waals surface area contributed by atoms with E-state index in [1.807, 2.05) is 13.8 Å². The molecular weight excluding hydrogens is 262 g/mol. The van der Waals surface area contributed by atoms with Crippen LogP contribution in [0.15, 0.2) is 0 Å². The second kappa shape index (κ2) is 7.47. The minimum absolute atomic E-state index is 0.0399. The first kappa shape index (κ1) is 18.7. The summed E-state index contributed by atoms with van der Waals surface area (Å²) >= 11 is 0. The van der Waals surface area contributed by atoms with Crippen molar-refractivity contribution in [2.75, 3.05) is 7.05 Å². The molecule has 0 aliphatic heterocycles. The summed E-state index contributed by atoms with van der Waals surface area (Å²) in [6.45, 7) is 9.06. The summed E-state index contributed by atoms with van der Waals surface area (Å²) in [4.78, 5) is 24.1. The number of hydrogen-bond donors (Lipinski definition) is 2. The smallest absolute Gasteiger partial charge is 0.410 e. The number of carbonyl (C=O) groups is 2. The third-order valence-corrected chi connectivity index (χ3v) is 3.13. The van der Waals surface area contributed by atoms with Gasteiger partial charge in [0.15, 0.2) is 0 Å². The van der Waals surface area contributed by atoms with Crippen molar-refractivity contribution in [2.24, 2.45) is 5.92 Å². The number of carboxylic acid groups (broad SMARTS) is 1. The SMILES string of the molecule is CC[C@H](C)[C@@H]([C@H](O)CC(=O)O)N(C)C(=O)OC(C)(C)C. The molecule has 0 bridgehead atoms. The summed E-state index contributed by atoms with van der Waals surface area (Å²) < 4.78 is 5.26. The van der Waals surface area contributed by atoms with E-state index in [0.717, 1.165) is 0 Å². The van der Waals surface area contributed by atoms with Crippen LogP contribution in [0, 0.1) is 5.92 Å². The Labute approximate surface area is 120 Å². The average molecular weight is 289 g/mol. The predicted octanol–water partition coefficient (Wildman–Crippen LogP) is 2.10. The zero-order valence-corrected chi connectivity index (χ0v) is 13.2. The van der Waals surface area contributed by atoms with Gasteiger partial charge >= 0.3 is 12.1 Å². The average Bonchev–Trinajstić information content (AvgIpc) is 2.25. The maximum atomic E-state index is 12.1. The number of carbonyl (C=O) groups excluding carboxylic acids is 1. The molecule has 0 heterocycles. The quantitative estimate of drug-likeness (QED) is 0.782. The molecule has 0 spiro atoms. The molecule has 20 heavy (non-hydrogen) atoms. The van der Waals surface area contributed by atoms with Crippen molar-refractivity contribution in [2.45, 2.75) is 65.2 Å². The largest absolute Gasteiger partial charge is 0.481 e. The third kappa shape index (κ3) is 6.23. The molecule has 6 nitrogen and oxygen atoms in total. The monoisotopic (exact) mass is 289 g/mol. The Morgan fingerprint density at radius 2 is 1.80 bits per heavy atom. The van der Waals surface area contributed by atoms with E-state index >= 15 is 0 Å². The van der Waals surface area contributed by atoms with Crippen LogP contribution in [0.3, 0.4) is 0 Å². The first-order chi connectivity index (χ1) is 8.99. The molecule has 3 atom stereocenters. The first-order valence-corrected chi connectivity index (χ1v) is 6.85. The van der Waals surface area contributed by atoms with Gasteiger partial charge in [-0.05, 0) is 26.7 Å². The van der Waals surface area contributed by atoms with Crippen LogP contribution in [0.2, 0.25) is 0 Å². The Morgan fingerprint density at radius 3 is 2.15 bits per heavy atom. The fourth-order valence-electron chi connectivity index (χ4n) is 2.02. The number of likely N-dealkylation sites (N-methyl/N-ethyl adjacent to an activating group) is 1. The molecule has 0 fully saturated rings. The molecule has 6 heteroatoms. The molecule has 0 aromatic heterocycles. The predicted molar refractivity (Wildman–Crippen MR) is 75.5 cm³/mol. The van der Waals surface area contributed by atoms with E-state index in [1.54, 1.807) is 20.8 Å². The summed E-state index contributed by atoms with van der Waals surface area (Å²) in [7, 11) is 1.52. The van der Waals surface area contributed by atoms with Crippen LogP contribution in [-0.4, -0.2) is 52.0 Å². The van der Waals surface area contributed by atoms with E-state index in [4.69, 9.17) is 9.84 Å². The summed E-state index contributed by atoms with van der Waals surface area (Å²) in [5.74, 6) is -1.13. The summed E-state index contributed by atoms with van der Waals surface area (Å²) in [6.07, 6.45) is -1.37.